The van der Waals surface area contributed by atoms with Gasteiger partial charge in [-0.3, -0.25) is 4.79 Å². The molecule has 4 heteroatoms. The molecule has 1 saturated heterocycles. The highest BCUT2D eigenvalue weighted by Crippen LogP contribution is 2.22. The third-order valence-corrected chi connectivity index (χ3v) is 4.37. The molecule has 1 aliphatic heterocycles. The summed E-state index contributed by atoms with van der Waals surface area (Å²) in [6.07, 6.45) is 1.00. The largest absolute Gasteiger partial charge is 0.360 e. The number of benzene rings is 1. The fourth-order valence-corrected chi connectivity index (χ4v) is 2.87. The lowest BCUT2D eigenvalue weighted by molar-refractivity contribution is -0.892. The number of aryl methyl sites for hydroxylation is 1. The number of rotatable bonds is 5. The van der Waals surface area contributed by atoms with Crippen LogP contribution in [0.15, 0.2) is 18.2 Å². The Morgan fingerprint density at radius 2 is 2.00 bits per heavy atom. The highest BCUT2D eigenvalue weighted by molar-refractivity contribution is 5.76. The second kappa shape index (κ2) is 7.46. The van der Waals surface area contributed by atoms with Crippen molar-refractivity contribution in [3.63, 3.8) is 0 Å². The zero-order valence-electron chi connectivity index (χ0n) is 13.5. The van der Waals surface area contributed by atoms with Gasteiger partial charge in [0.2, 0.25) is 0 Å². The number of carbonyl (C=O) groups excluding carboxylic acids is 1. The Hall–Kier alpha value is -1.55. The fraction of sp³-hybridized carbons (Fsp3) is 0.588. The average molecular weight is 290 g/mol. The maximum absolute atomic E-state index is 11.8. The number of hydrogen-bond donors (Lipinski definition) is 2. The van der Waals surface area contributed by atoms with Gasteiger partial charge in [0, 0.05) is 12.2 Å². The van der Waals surface area contributed by atoms with Gasteiger partial charge in [0.15, 0.2) is 6.54 Å². The van der Waals surface area contributed by atoms with Crippen LogP contribution in [-0.4, -0.2) is 45.2 Å². The zero-order valence-corrected chi connectivity index (χ0v) is 13.5. The quantitative estimate of drug-likeness (QED) is 0.830. The molecule has 1 aromatic carbocycles. The van der Waals surface area contributed by atoms with Gasteiger partial charge in [0.1, 0.15) is 0 Å². The topological polar surface area (TPSA) is 36.8 Å². The van der Waals surface area contributed by atoms with Crippen LogP contribution >= 0.6 is 0 Å². The van der Waals surface area contributed by atoms with Crippen molar-refractivity contribution in [1.29, 1.82) is 0 Å². The molecular formula is C17H28N3O+. The number of amides is 1. The van der Waals surface area contributed by atoms with Crippen molar-refractivity contribution in [2.45, 2.75) is 27.2 Å². The van der Waals surface area contributed by atoms with E-state index >= 15 is 0 Å². The smallest absolute Gasteiger partial charge is 0.275 e. The Labute approximate surface area is 128 Å². The van der Waals surface area contributed by atoms with Crippen molar-refractivity contribution in [2.24, 2.45) is 0 Å². The fourth-order valence-electron chi connectivity index (χ4n) is 2.87. The summed E-state index contributed by atoms with van der Waals surface area (Å²) in [4.78, 5) is 15.6. The molecule has 2 N–H and O–H groups in total. The number of nitrogens with one attached hydrogen (secondary N) is 2. The molecule has 0 radical (unpaired) electrons. The first-order valence-electron chi connectivity index (χ1n) is 8.03. The molecule has 0 unspecified atom stereocenters. The zero-order chi connectivity index (χ0) is 15.2. The van der Waals surface area contributed by atoms with E-state index in [1.807, 2.05) is 0 Å². The first kappa shape index (κ1) is 15.8. The van der Waals surface area contributed by atoms with Crippen molar-refractivity contribution in [1.82, 2.24) is 5.32 Å². The van der Waals surface area contributed by atoms with Gasteiger partial charge in [0.25, 0.3) is 5.91 Å². The molecule has 2 rings (SSSR count). The Balaban J connectivity index is 1.86. The molecule has 0 aliphatic carbocycles. The van der Waals surface area contributed by atoms with Crippen LogP contribution in [0.5, 0.6) is 0 Å². The number of quaternary nitrogens is 1. The van der Waals surface area contributed by atoms with E-state index in [1.54, 1.807) is 0 Å². The second-order valence-electron chi connectivity index (χ2n) is 5.98. The van der Waals surface area contributed by atoms with Crippen LogP contribution < -0.4 is 15.1 Å². The first-order valence-corrected chi connectivity index (χ1v) is 8.03. The van der Waals surface area contributed by atoms with E-state index in [1.165, 1.54) is 21.7 Å². The lowest BCUT2D eigenvalue weighted by Crippen LogP contribution is -3.16. The molecule has 0 bridgehead atoms. The average Bonchev–Trinajstić information content (AvgIpc) is 2.49. The van der Waals surface area contributed by atoms with E-state index in [-0.39, 0.29) is 5.91 Å². The van der Waals surface area contributed by atoms with Crippen LogP contribution in [-0.2, 0) is 4.79 Å². The standard InChI is InChI=1S/C17H27N3O/c1-4-8-18-17(21)13-19-9-11-20(12-10-19)16-7-5-6-14(2)15(16)3/h5-7H,4,8-13H2,1-3H3,(H,18,21)/p+1. The predicted octanol–water partition coefficient (Wildman–Crippen LogP) is 0.535. The van der Waals surface area contributed by atoms with Crippen molar-refractivity contribution >= 4 is 11.6 Å². The monoisotopic (exact) mass is 290 g/mol. The molecule has 0 saturated carbocycles. The molecule has 116 valence electrons. The Morgan fingerprint density at radius 3 is 2.67 bits per heavy atom. The Kier molecular flexibility index (Phi) is 5.62. The summed E-state index contributed by atoms with van der Waals surface area (Å²) in [5.74, 6) is 0.187. The van der Waals surface area contributed by atoms with E-state index in [0.29, 0.717) is 6.54 Å². The maximum atomic E-state index is 11.8. The van der Waals surface area contributed by atoms with Crippen LogP contribution in [0.3, 0.4) is 0 Å². The summed E-state index contributed by atoms with van der Waals surface area (Å²) in [6.45, 7) is 12.0. The van der Waals surface area contributed by atoms with Gasteiger partial charge < -0.3 is 15.1 Å². The maximum Gasteiger partial charge on any atom is 0.275 e. The number of anilines is 1. The van der Waals surface area contributed by atoms with Crippen LogP contribution in [0.4, 0.5) is 5.69 Å². The second-order valence-corrected chi connectivity index (χ2v) is 5.98. The van der Waals surface area contributed by atoms with Gasteiger partial charge in [-0.25, -0.2) is 0 Å². The highest BCUT2D eigenvalue weighted by atomic mass is 16.2. The first-order chi connectivity index (χ1) is 10.1. The molecule has 4 nitrogen and oxygen atoms in total. The van der Waals surface area contributed by atoms with E-state index in [4.69, 9.17) is 0 Å². The third kappa shape index (κ3) is 4.21. The summed E-state index contributed by atoms with van der Waals surface area (Å²) >= 11 is 0. The van der Waals surface area contributed by atoms with Gasteiger partial charge in [-0.15, -0.1) is 0 Å². The number of nitrogens with zero attached hydrogens (tertiary/aromatic N) is 1. The molecule has 1 fully saturated rings. The molecular weight excluding hydrogens is 262 g/mol. The lowest BCUT2D eigenvalue weighted by atomic mass is 10.1. The van der Waals surface area contributed by atoms with Crippen molar-refractivity contribution in [3.05, 3.63) is 29.3 Å². The van der Waals surface area contributed by atoms with E-state index in [0.717, 1.165) is 39.1 Å². The van der Waals surface area contributed by atoms with Crippen molar-refractivity contribution in [3.8, 4) is 0 Å². The van der Waals surface area contributed by atoms with Crippen LogP contribution in [0.2, 0.25) is 0 Å². The summed E-state index contributed by atoms with van der Waals surface area (Å²) in [5.41, 5.74) is 4.08. The van der Waals surface area contributed by atoms with Gasteiger partial charge in [-0.2, -0.15) is 0 Å². The van der Waals surface area contributed by atoms with Gasteiger partial charge in [0.05, 0.1) is 26.2 Å². The van der Waals surface area contributed by atoms with Crippen LogP contribution in [0, 0.1) is 13.8 Å². The molecule has 21 heavy (non-hydrogen) atoms. The SMILES string of the molecule is CCCNC(=O)C[NH+]1CCN(c2cccc(C)c2C)CC1. The molecule has 0 spiro atoms. The normalized spacial score (nSPS) is 16.0. The minimum absolute atomic E-state index is 0.187. The molecule has 1 amide bonds. The van der Waals surface area contributed by atoms with Gasteiger partial charge in [-0.1, -0.05) is 19.1 Å². The summed E-state index contributed by atoms with van der Waals surface area (Å²) in [7, 11) is 0. The van der Waals surface area contributed by atoms with E-state index < -0.39 is 0 Å². The number of carbonyl (C=O) groups is 1. The van der Waals surface area contributed by atoms with Gasteiger partial charge in [-0.05, 0) is 37.5 Å². The van der Waals surface area contributed by atoms with E-state index in [2.05, 4.69) is 49.2 Å². The number of piperazine rings is 1. The van der Waals surface area contributed by atoms with Crippen LogP contribution in [0.1, 0.15) is 24.5 Å². The Morgan fingerprint density at radius 1 is 1.29 bits per heavy atom. The summed E-state index contributed by atoms with van der Waals surface area (Å²) in [6, 6.07) is 6.51. The molecule has 1 aromatic rings. The van der Waals surface area contributed by atoms with Gasteiger partial charge >= 0.3 is 0 Å². The minimum atomic E-state index is 0.187. The van der Waals surface area contributed by atoms with Crippen LogP contribution in [0.25, 0.3) is 0 Å². The summed E-state index contributed by atoms with van der Waals surface area (Å²) in [5, 5.41) is 2.97. The van der Waals surface area contributed by atoms with Crippen molar-refractivity contribution < 1.29 is 9.69 Å². The third-order valence-electron chi connectivity index (χ3n) is 4.37. The molecule has 1 aliphatic rings. The summed E-state index contributed by atoms with van der Waals surface area (Å²) < 4.78 is 0. The molecule has 0 atom stereocenters. The molecule has 0 aromatic heterocycles. The molecule has 1 heterocycles. The lowest BCUT2D eigenvalue weighted by Gasteiger charge is -2.34. The minimum Gasteiger partial charge on any atom is -0.360 e. The number of hydrogen-bond acceptors (Lipinski definition) is 2. The Bertz CT molecular complexity index is 479. The highest BCUT2D eigenvalue weighted by Gasteiger charge is 2.23. The van der Waals surface area contributed by atoms with E-state index in [9.17, 15) is 4.79 Å². The van der Waals surface area contributed by atoms with Crippen molar-refractivity contribution in [2.75, 3.05) is 44.2 Å². The predicted molar refractivity (Wildman–Crippen MR) is 87.0 cm³/mol.